The number of hydrogen-bond acceptors (Lipinski definition) is 3. The Bertz CT molecular complexity index is 406. The van der Waals surface area contributed by atoms with Crippen molar-refractivity contribution in [3.05, 3.63) is 29.3 Å². The molecule has 1 aliphatic rings. The van der Waals surface area contributed by atoms with E-state index in [1.807, 2.05) is 0 Å². The van der Waals surface area contributed by atoms with E-state index in [0.717, 1.165) is 44.5 Å². The van der Waals surface area contributed by atoms with Crippen molar-refractivity contribution in [3.8, 4) is 5.75 Å². The Hall–Kier alpha value is -1.06. The van der Waals surface area contributed by atoms with E-state index in [1.165, 1.54) is 11.1 Å². The summed E-state index contributed by atoms with van der Waals surface area (Å²) in [5.41, 5.74) is 8.91. The minimum atomic E-state index is 0.120. The van der Waals surface area contributed by atoms with Crippen molar-refractivity contribution in [2.24, 2.45) is 5.73 Å². The summed E-state index contributed by atoms with van der Waals surface area (Å²) in [6, 6.07) is 6.62. The third kappa shape index (κ3) is 3.71. The molecule has 0 aliphatic carbocycles. The zero-order chi connectivity index (χ0) is 13.7. The summed E-state index contributed by atoms with van der Waals surface area (Å²) >= 11 is 0. The molecule has 19 heavy (non-hydrogen) atoms. The van der Waals surface area contributed by atoms with Gasteiger partial charge in [0, 0.05) is 19.6 Å². The lowest BCUT2D eigenvalue weighted by molar-refractivity contribution is 0.0703. The Morgan fingerprint density at radius 2 is 2.21 bits per heavy atom. The van der Waals surface area contributed by atoms with Gasteiger partial charge in [0.2, 0.25) is 0 Å². The van der Waals surface area contributed by atoms with E-state index in [4.69, 9.17) is 15.2 Å². The molecular formula is C16H25NO2. The van der Waals surface area contributed by atoms with E-state index in [2.05, 4.69) is 25.1 Å². The van der Waals surface area contributed by atoms with E-state index in [9.17, 15) is 0 Å². The zero-order valence-electron chi connectivity index (χ0n) is 12.0. The second-order valence-electron chi connectivity index (χ2n) is 5.31. The van der Waals surface area contributed by atoms with Gasteiger partial charge in [-0.05, 0) is 36.5 Å². The van der Waals surface area contributed by atoms with Crippen LogP contribution in [0.3, 0.4) is 0 Å². The van der Waals surface area contributed by atoms with Crippen molar-refractivity contribution in [1.82, 2.24) is 0 Å². The highest BCUT2D eigenvalue weighted by Crippen LogP contribution is 2.26. The summed E-state index contributed by atoms with van der Waals surface area (Å²) in [6.45, 7) is 2.99. The minimum Gasteiger partial charge on any atom is -0.493 e. The highest BCUT2D eigenvalue weighted by molar-refractivity contribution is 5.39. The van der Waals surface area contributed by atoms with Gasteiger partial charge < -0.3 is 15.2 Å². The van der Waals surface area contributed by atoms with Crippen LogP contribution in [0.5, 0.6) is 5.75 Å². The molecule has 2 atom stereocenters. The molecule has 0 bridgehead atoms. The van der Waals surface area contributed by atoms with Gasteiger partial charge in [0.05, 0.1) is 12.7 Å². The molecule has 0 amide bonds. The molecule has 0 radical (unpaired) electrons. The number of rotatable bonds is 7. The van der Waals surface area contributed by atoms with Crippen LogP contribution in [0, 0.1) is 0 Å². The van der Waals surface area contributed by atoms with Gasteiger partial charge in [-0.3, -0.25) is 0 Å². The molecule has 3 heteroatoms. The number of ether oxygens (including phenoxy) is 2. The standard InChI is InChI=1S/C16H25NO2/c1-3-4-16(18-2)14(17)7-5-12-6-8-15-13(11-12)9-10-19-15/h6,8,11,14,16H,3-5,7,9-10,17H2,1-2H3. The van der Waals surface area contributed by atoms with Crippen LogP contribution in [0.1, 0.15) is 37.3 Å². The van der Waals surface area contributed by atoms with Crippen LogP contribution in [-0.4, -0.2) is 25.9 Å². The van der Waals surface area contributed by atoms with Crippen molar-refractivity contribution < 1.29 is 9.47 Å². The number of nitrogens with two attached hydrogens (primary N) is 1. The van der Waals surface area contributed by atoms with E-state index in [0.29, 0.717) is 0 Å². The third-order valence-corrected chi connectivity index (χ3v) is 3.87. The quantitative estimate of drug-likeness (QED) is 0.822. The van der Waals surface area contributed by atoms with Gasteiger partial charge in [0.25, 0.3) is 0 Å². The lowest BCUT2D eigenvalue weighted by Gasteiger charge is -2.22. The summed E-state index contributed by atoms with van der Waals surface area (Å²) < 4.78 is 11.0. The number of hydrogen-bond donors (Lipinski definition) is 1. The predicted molar refractivity (Wildman–Crippen MR) is 77.6 cm³/mol. The molecule has 0 fully saturated rings. The zero-order valence-corrected chi connectivity index (χ0v) is 12.0. The van der Waals surface area contributed by atoms with Gasteiger partial charge in [-0.15, -0.1) is 0 Å². The molecule has 0 saturated carbocycles. The molecule has 1 heterocycles. The van der Waals surface area contributed by atoms with E-state index < -0.39 is 0 Å². The first-order valence-corrected chi connectivity index (χ1v) is 7.27. The van der Waals surface area contributed by atoms with E-state index in [1.54, 1.807) is 7.11 Å². The summed E-state index contributed by atoms with van der Waals surface area (Å²) in [6.07, 6.45) is 5.35. The molecule has 2 N–H and O–H groups in total. The van der Waals surface area contributed by atoms with Gasteiger partial charge in [-0.2, -0.15) is 0 Å². The monoisotopic (exact) mass is 263 g/mol. The van der Waals surface area contributed by atoms with Crippen LogP contribution >= 0.6 is 0 Å². The summed E-state index contributed by atoms with van der Waals surface area (Å²) in [4.78, 5) is 0. The second kappa shape index (κ2) is 6.92. The molecule has 0 spiro atoms. The topological polar surface area (TPSA) is 44.5 Å². The molecule has 1 aromatic rings. The fourth-order valence-corrected chi connectivity index (χ4v) is 2.71. The maximum atomic E-state index is 6.23. The van der Waals surface area contributed by atoms with Gasteiger partial charge >= 0.3 is 0 Å². The summed E-state index contributed by atoms with van der Waals surface area (Å²) in [7, 11) is 1.76. The smallest absolute Gasteiger partial charge is 0.122 e. The van der Waals surface area contributed by atoms with Crippen LogP contribution in [0.4, 0.5) is 0 Å². The van der Waals surface area contributed by atoms with Crippen LogP contribution in [-0.2, 0) is 17.6 Å². The highest BCUT2D eigenvalue weighted by Gasteiger charge is 2.17. The molecule has 0 aromatic heterocycles. The molecule has 2 rings (SSSR count). The number of fused-ring (bicyclic) bond motifs is 1. The van der Waals surface area contributed by atoms with Crippen molar-refractivity contribution in [3.63, 3.8) is 0 Å². The van der Waals surface area contributed by atoms with Crippen molar-refractivity contribution >= 4 is 0 Å². The van der Waals surface area contributed by atoms with Gasteiger partial charge in [-0.25, -0.2) is 0 Å². The Morgan fingerprint density at radius 1 is 1.37 bits per heavy atom. The molecular weight excluding hydrogens is 238 g/mol. The Morgan fingerprint density at radius 3 is 2.95 bits per heavy atom. The Kier molecular flexibility index (Phi) is 5.23. The SMILES string of the molecule is CCCC(OC)C(N)CCc1ccc2c(c1)CCO2. The first-order chi connectivity index (χ1) is 9.24. The summed E-state index contributed by atoms with van der Waals surface area (Å²) in [5, 5.41) is 0. The fraction of sp³-hybridized carbons (Fsp3) is 0.625. The van der Waals surface area contributed by atoms with Crippen molar-refractivity contribution in [2.75, 3.05) is 13.7 Å². The predicted octanol–water partition coefficient (Wildman–Crippen LogP) is 2.70. The van der Waals surface area contributed by atoms with Crippen LogP contribution in [0.25, 0.3) is 0 Å². The number of benzene rings is 1. The highest BCUT2D eigenvalue weighted by atomic mass is 16.5. The van der Waals surface area contributed by atoms with Gasteiger partial charge in [0.15, 0.2) is 0 Å². The Labute approximate surface area is 116 Å². The van der Waals surface area contributed by atoms with Gasteiger partial charge in [0.1, 0.15) is 5.75 Å². The maximum Gasteiger partial charge on any atom is 0.122 e. The Balaban J connectivity index is 1.87. The van der Waals surface area contributed by atoms with Crippen LogP contribution in [0.15, 0.2) is 18.2 Å². The van der Waals surface area contributed by atoms with E-state index in [-0.39, 0.29) is 12.1 Å². The fourth-order valence-electron chi connectivity index (χ4n) is 2.71. The molecule has 2 unspecified atom stereocenters. The molecule has 0 saturated heterocycles. The molecule has 106 valence electrons. The third-order valence-electron chi connectivity index (χ3n) is 3.87. The second-order valence-corrected chi connectivity index (χ2v) is 5.31. The molecule has 1 aliphatic heterocycles. The van der Waals surface area contributed by atoms with E-state index >= 15 is 0 Å². The lowest BCUT2D eigenvalue weighted by atomic mass is 9.98. The minimum absolute atomic E-state index is 0.120. The number of methoxy groups -OCH3 is 1. The molecule has 3 nitrogen and oxygen atoms in total. The summed E-state index contributed by atoms with van der Waals surface area (Å²) in [5.74, 6) is 1.05. The first kappa shape index (κ1) is 14.4. The average molecular weight is 263 g/mol. The largest absolute Gasteiger partial charge is 0.493 e. The number of aryl methyl sites for hydroxylation is 1. The van der Waals surface area contributed by atoms with Crippen LogP contribution in [0.2, 0.25) is 0 Å². The molecule has 1 aromatic carbocycles. The van der Waals surface area contributed by atoms with Crippen molar-refractivity contribution in [1.29, 1.82) is 0 Å². The van der Waals surface area contributed by atoms with Gasteiger partial charge in [-0.1, -0.05) is 25.5 Å². The first-order valence-electron chi connectivity index (χ1n) is 7.27. The normalized spacial score (nSPS) is 16.8. The lowest BCUT2D eigenvalue weighted by Crippen LogP contribution is -2.36. The average Bonchev–Trinajstić information content (AvgIpc) is 2.89. The van der Waals surface area contributed by atoms with Crippen LogP contribution < -0.4 is 10.5 Å². The van der Waals surface area contributed by atoms with Crippen molar-refractivity contribution in [2.45, 2.75) is 51.2 Å². The maximum absolute atomic E-state index is 6.23.